The molecule has 3 amide bonds. The first kappa shape index (κ1) is 16.8. The van der Waals surface area contributed by atoms with Crippen LogP contribution in [0.3, 0.4) is 0 Å². The van der Waals surface area contributed by atoms with Crippen LogP contribution in [0.4, 0.5) is 10.5 Å². The number of aromatic amines is 1. The van der Waals surface area contributed by atoms with E-state index in [4.69, 9.17) is 4.74 Å². The molecule has 7 nitrogen and oxygen atoms in total. The van der Waals surface area contributed by atoms with Gasteiger partial charge in [0.2, 0.25) is 0 Å². The highest BCUT2D eigenvalue weighted by atomic mass is 16.5. The lowest BCUT2D eigenvalue weighted by Crippen LogP contribution is -2.32. The Bertz CT molecular complexity index is 970. The fourth-order valence-electron chi connectivity index (χ4n) is 3.15. The van der Waals surface area contributed by atoms with E-state index in [0.29, 0.717) is 11.4 Å². The van der Waals surface area contributed by atoms with E-state index < -0.39 is 0 Å². The first-order valence-electron chi connectivity index (χ1n) is 8.50. The maximum atomic E-state index is 12.8. The Morgan fingerprint density at radius 3 is 2.67 bits per heavy atom. The fourth-order valence-corrected chi connectivity index (χ4v) is 3.15. The van der Waals surface area contributed by atoms with E-state index in [1.54, 1.807) is 25.6 Å². The van der Waals surface area contributed by atoms with E-state index in [9.17, 15) is 9.59 Å². The van der Waals surface area contributed by atoms with E-state index in [2.05, 4.69) is 10.2 Å². The number of hydrogen-bond acceptors (Lipinski definition) is 4. The Labute approximate surface area is 156 Å². The molecule has 0 atom stereocenters. The van der Waals surface area contributed by atoms with Gasteiger partial charge in [-0.25, -0.2) is 4.79 Å². The summed E-state index contributed by atoms with van der Waals surface area (Å²) in [6, 6.07) is 14.6. The third-order valence-corrected chi connectivity index (χ3v) is 4.55. The van der Waals surface area contributed by atoms with Gasteiger partial charge in [-0.05, 0) is 17.7 Å². The Balaban J connectivity index is 1.60. The van der Waals surface area contributed by atoms with Gasteiger partial charge in [-0.15, -0.1) is 0 Å². The van der Waals surface area contributed by atoms with Crippen LogP contribution in [-0.4, -0.2) is 40.7 Å². The second-order valence-corrected chi connectivity index (χ2v) is 6.21. The number of nitrogens with one attached hydrogen (secondary N) is 1. The number of H-pyrrole nitrogens is 1. The number of carbonyl (C=O) groups excluding carboxylic acids is 2. The molecule has 0 radical (unpaired) electrons. The van der Waals surface area contributed by atoms with Gasteiger partial charge in [0.25, 0.3) is 5.91 Å². The minimum absolute atomic E-state index is 0.0138. The summed E-state index contributed by atoms with van der Waals surface area (Å²) in [6.07, 6.45) is 3.47. The first-order chi connectivity index (χ1) is 13.2. The number of carbonyl (C=O) groups is 2. The summed E-state index contributed by atoms with van der Waals surface area (Å²) in [4.78, 5) is 27.9. The molecule has 1 N–H and O–H groups in total. The quantitative estimate of drug-likeness (QED) is 0.708. The summed E-state index contributed by atoms with van der Waals surface area (Å²) in [7, 11) is 1.57. The molecule has 0 unspecified atom stereocenters. The van der Waals surface area contributed by atoms with Crippen LogP contribution >= 0.6 is 0 Å². The van der Waals surface area contributed by atoms with Crippen molar-refractivity contribution in [3.63, 3.8) is 0 Å². The molecular formula is C20H18N4O3. The molecule has 1 aliphatic rings. The Morgan fingerprint density at radius 2 is 1.96 bits per heavy atom. The third kappa shape index (κ3) is 3.15. The monoisotopic (exact) mass is 362 g/mol. The molecule has 136 valence electrons. The van der Waals surface area contributed by atoms with Gasteiger partial charge < -0.3 is 4.74 Å². The van der Waals surface area contributed by atoms with Crippen molar-refractivity contribution in [2.45, 2.75) is 6.54 Å². The molecule has 7 heteroatoms. The highest BCUT2D eigenvalue weighted by molar-refractivity contribution is 6.12. The van der Waals surface area contributed by atoms with E-state index in [1.165, 1.54) is 9.80 Å². The van der Waals surface area contributed by atoms with Crippen molar-refractivity contribution in [2.24, 2.45) is 0 Å². The third-order valence-electron chi connectivity index (χ3n) is 4.55. The summed E-state index contributed by atoms with van der Waals surface area (Å²) in [5.74, 6) is 0.386. The standard InChI is InChI=1S/C20H18N4O3/c1-27-18-9-16(7-8-17(18)15-10-21-22-11-15)23-13-19(25)24(20(23)26)12-14-5-3-2-4-6-14/h2-11H,12-13H2,1H3,(H,21,22). The number of ether oxygens (including phenoxy) is 1. The van der Waals surface area contributed by atoms with Gasteiger partial charge in [0.1, 0.15) is 12.3 Å². The lowest BCUT2D eigenvalue weighted by atomic mass is 10.1. The van der Waals surface area contributed by atoms with Crippen LogP contribution in [0.25, 0.3) is 11.1 Å². The normalized spacial score (nSPS) is 14.1. The molecular weight excluding hydrogens is 344 g/mol. The molecule has 27 heavy (non-hydrogen) atoms. The van der Waals surface area contributed by atoms with E-state index in [-0.39, 0.29) is 25.0 Å². The van der Waals surface area contributed by atoms with E-state index in [0.717, 1.165) is 16.7 Å². The highest BCUT2D eigenvalue weighted by Gasteiger charge is 2.37. The number of rotatable bonds is 5. The average molecular weight is 362 g/mol. The molecule has 2 heterocycles. The zero-order valence-corrected chi connectivity index (χ0v) is 14.8. The minimum atomic E-state index is -0.332. The smallest absolute Gasteiger partial charge is 0.332 e. The van der Waals surface area contributed by atoms with Crippen molar-refractivity contribution in [2.75, 3.05) is 18.6 Å². The molecule has 4 rings (SSSR count). The molecule has 1 aromatic heterocycles. The second-order valence-electron chi connectivity index (χ2n) is 6.21. The van der Waals surface area contributed by atoms with Crippen molar-refractivity contribution in [3.8, 4) is 16.9 Å². The lowest BCUT2D eigenvalue weighted by Gasteiger charge is -2.18. The summed E-state index contributed by atoms with van der Waals surface area (Å²) >= 11 is 0. The summed E-state index contributed by atoms with van der Waals surface area (Å²) in [6.45, 7) is 0.277. The summed E-state index contributed by atoms with van der Waals surface area (Å²) in [5.41, 5.74) is 3.27. The number of methoxy groups -OCH3 is 1. The molecule has 0 spiro atoms. The molecule has 2 aromatic carbocycles. The minimum Gasteiger partial charge on any atom is -0.496 e. The second kappa shape index (κ2) is 6.95. The number of amides is 3. The zero-order chi connectivity index (χ0) is 18.8. The van der Waals surface area contributed by atoms with Crippen LogP contribution in [0.1, 0.15) is 5.56 Å². The topological polar surface area (TPSA) is 78.5 Å². The Morgan fingerprint density at radius 1 is 1.15 bits per heavy atom. The van der Waals surface area contributed by atoms with E-state index >= 15 is 0 Å². The highest BCUT2D eigenvalue weighted by Crippen LogP contribution is 2.34. The number of anilines is 1. The number of hydrogen-bond donors (Lipinski definition) is 1. The Hall–Kier alpha value is -3.61. The molecule has 1 aliphatic heterocycles. The van der Waals surface area contributed by atoms with Gasteiger partial charge in [-0.1, -0.05) is 30.3 Å². The fraction of sp³-hybridized carbons (Fsp3) is 0.150. The molecule has 0 saturated carbocycles. The molecule has 3 aromatic rings. The van der Waals surface area contributed by atoms with Gasteiger partial charge in [0, 0.05) is 29.1 Å². The van der Waals surface area contributed by atoms with Crippen molar-refractivity contribution in [1.29, 1.82) is 0 Å². The maximum absolute atomic E-state index is 12.8. The van der Waals surface area contributed by atoms with Gasteiger partial charge in [0.15, 0.2) is 0 Å². The van der Waals surface area contributed by atoms with E-state index in [1.807, 2.05) is 42.5 Å². The average Bonchev–Trinajstić information content (AvgIpc) is 3.32. The van der Waals surface area contributed by atoms with Gasteiger partial charge >= 0.3 is 6.03 Å². The first-order valence-corrected chi connectivity index (χ1v) is 8.50. The summed E-state index contributed by atoms with van der Waals surface area (Å²) in [5, 5.41) is 6.72. The predicted molar refractivity (Wildman–Crippen MR) is 100 cm³/mol. The van der Waals surface area contributed by atoms with Crippen LogP contribution in [0.2, 0.25) is 0 Å². The van der Waals surface area contributed by atoms with Gasteiger partial charge in [-0.2, -0.15) is 5.10 Å². The number of imide groups is 1. The van der Waals surface area contributed by atoms with Crippen molar-refractivity contribution < 1.29 is 14.3 Å². The van der Waals surface area contributed by atoms with Crippen molar-refractivity contribution >= 4 is 17.6 Å². The molecule has 0 bridgehead atoms. The SMILES string of the molecule is COc1cc(N2CC(=O)N(Cc3ccccc3)C2=O)ccc1-c1cn[nH]c1. The largest absolute Gasteiger partial charge is 0.496 e. The zero-order valence-electron chi connectivity index (χ0n) is 14.8. The van der Waals surface area contributed by atoms with Crippen LogP contribution in [-0.2, 0) is 11.3 Å². The molecule has 1 fully saturated rings. The maximum Gasteiger partial charge on any atom is 0.332 e. The number of nitrogens with zero attached hydrogens (tertiary/aromatic N) is 3. The van der Waals surface area contributed by atoms with Crippen molar-refractivity contribution in [1.82, 2.24) is 15.1 Å². The summed E-state index contributed by atoms with van der Waals surface area (Å²) < 4.78 is 5.48. The van der Waals surface area contributed by atoms with Gasteiger partial charge in [0.05, 0.1) is 19.9 Å². The number of aromatic nitrogens is 2. The van der Waals surface area contributed by atoms with Crippen molar-refractivity contribution in [3.05, 3.63) is 66.5 Å². The lowest BCUT2D eigenvalue weighted by molar-refractivity contribution is -0.125. The molecule has 0 aliphatic carbocycles. The number of urea groups is 1. The Kier molecular flexibility index (Phi) is 4.33. The number of benzene rings is 2. The van der Waals surface area contributed by atoms with Crippen LogP contribution in [0, 0.1) is 0 Å². The van der Waals surface area contributed by atoms with Crippen LogP contribution in [0.15, 0.2) is 60.9 Å². The van der Waals surface area contributed by atoms with Crippen LogP contribution in [0.5, 0.6) is 5.75 Å². The molecule has 1 saturated heterocycles. The predicted octanol–water partition coefficient (Wildman–Crippen LogP) is 3.05. The van der Waals surface area contributed by atoms with Crippen LogP contribution < -0.4 is 9.64 Å². The van der Waals surface area contributed by atoms with Gasteiger partial charge in [-0.3, -0.25) is 19.7 Å².